The number of hydrogen-bond donors (Lipinski definition) is 1. The monoisotopic (exact) mass is 446 g/mol. The third-order valence-electron chi connectivity index (χ3n) is 6.14. The van der Waals surface area contributed by atoms with Crippen LogP contribution in [0.5, 0.6) is 17.4 Å². The predicted molar refractivity (Wildman–Crippen MR) is 136 cm³/mol. The van der Waals surface area contributed by atoms with Gasteiger partial charge in [0.1, 0.15) is 22.8 Å². The highest BCUT2D eigenvalue weighted by atomic mass is 16.5. The van der Waals surface area contributed by atoms with Crippen LogP contribution in [0.25, 0.3) is 38.5 Å². The molecule has 0 unspecified atom stereocenters. The predicted octanol–water partition coefficient (Wildman–Crippen LogP) is 7.35. The zero-order valence-electron chi connectivity index (χ0n) is 19.9. The van der Waals surface area contributed by atoms with Crippen LogP contribution in [-0.2, 0) is 0 Å². The number of phenolic OH excluding ortho intramolecular Hbond substituents is 1. The van der Waals surface area contributed by atoms with Crippen molar-refractivity contribution in [3.8, 4) is 23.2 Å². The Balaban J connectivity index is 1.53. The standard InChI is InChI=1S/C29H23N3O2/c1-18(2)23-17-28(31-29-22(23)9-7-11-26(29)33)34-19-13-14-21-20-8-3-4-10-24(20)32(25(21)16-19)27-12-5-6-15-30-27/h3-18,33H,1-2H3/i15D. The van der Waals surface area contributed by atoms with Gasteiger partial charge in [0, 0.05) is 34.5 Å². The molecule has 1 N–H and O–H groups in total. The van der Waals surface area contributed by atoms with Crippen molar-refractivity contribution >= 4 is 32.7 Å². The number of aromatic nitrogens is 3. The molecule has 6 aromatic rings. The maximum absolute atomic E-state index is 10.4. The van der Waals surface area contributed by atoms with Crippen molar-refractivity contribution in [2.45, 2.75) is 19.8 Å². The number of aromatic hydroxyl groups is 1. The normalized spacial score (nSPS) is 12.0. The van der Waals surface area contributed by atoms with Gasteiger partial charge in [-0.15, -0.1) is 0 Å². The molecule has 0 amide bonds. The van der Waals surface area contributed by atoms with Crippen molar-refractivity contribution < 1.29 is 11.2 Å². The minimum atomic E-state index is 0.131. The van der Waals surface area contributed by atoms with E-state index in [1.54, 1.807) is 12.1 Å². The molecular weight excluding hydrogens is 422 g/mol. The Bertz CT molecular complexity index is 1740. The van der Waals surface area contributed by atoms with Gasteiger partial charge < -0.3 is 9.84 Å². The summed E-state index contributed by atoms with van der Waals surface area (Å²) in [5.41, 5.74) is 3.52. The van der Waals surface area contributed by atoms with Crippen molar-refractivity contribution in [2.24, 2.45) is 0 Å². The summed E-state index contributed by atoms with van der Waals surface area (Å²) in [6.45, 7) is 4.22. The first-order valence-electron chi connectivity index (χ1n) is 11.8. The van der Waals surface area contributed by atoms with Crippen molar-refractivity contribution in [3.05, 3.63) is 96.7 Å². The molecule has 3 heterocycles. The van der Waals surface area contributed by atoms with Gasteiger partial charge in [-0.25, -0.2) is 9.97 Å². The summed E-state index contributed by atoms with van der Waals surface area (Å²) in [5, 5.41) is 13.5. The lowest BCUT2D eigenvalue weighted by atomic mass is 9.98. The van der Waals surface area contributed by atoms with E-state index in [0.29, 0.717) is 23.0 Å². The lowest BCUT2D eigenvalue weighted by molar-refractivity contribution is 0.459. The fourth-order valence-electron chi connectivity index (χ4n) is 4.59. The summed E-state index contributed by atoms with van der Waals surface area (Å²) in [5.74, 6) is 2.10. The Labute approximate surface area is 198 Å². The number of hydrogen-bond acceptors (Lipinski definition) is 4. The summed E-state index contributed by atoms with van der Waals surface area (Å²) in [6.07, 6.45) is 0.210. The number of benzene rings is 3. The molecule has 0 aliphatic heterocycles. The highest BCUT2D eigenvalue weighted by Gasteiger charge is 2.16. The fraction of sp³-hybridized carbons (Fsp3) is 0.103. The van der Waals surface area contributed by atoms with E-state index in [-0.39, 0.29) is 17.8 Å². The molecule has 0 saturated carbocycles. The van der Waals surface area contributed by atoms with Gasteiger partial charge in [-0.05, 0) is 47.9 Å². The van der Waals surface area contributed by atoms with Gasteiger partial charge in [-0.2, -0.15) is 0 Å². The Morgan fingerprint density at radius 2 is 1.65 bits per heavy atom. The van der Waals surface area contributed by atoms with Crippen LogP contribution in [-0.4, -0.2) is 19.6 Å². The second-order valence-electron chi connectivity index (χ2n) is 8.64. The molecule has 3 aromatic heterocycles. The van der Waals surface area contributed by atoms with Gasteiger partial charge in [0.15, 0.2) is 0 Å². The first kappa shape index (κ1) is 19.1. The molecule has 5 nitrogen and oxygen atoms in total. The molecule has 0 atom stereocenters. The van der Waals surface area contributed by atoms with Crippen LogP contribution in [0.1, 0.15) is 26.7 Å². The number of fused-ring (bicyclic) bond motifs is 4. The summed E-state index contributed by atoms with van der Waals surface area (Å²) >= 11 is 0. The van der Waals surface area contributed by atoms with E-state index >= 15 is 0 Å². The molecule has 0 spiro atoms. The number of nitrogens with zero attached hydrogens (tertiary/aromatic N) is 3. The first-order chi connectivity index (χ1) is 17.0. The van der Waals surface area contributed by atoms with Crippen LogP contribution in [0, 0.1) is 0 Å². The molecular formula is C29H23N3O2. The molecule has 0 saturated heterocycles. The minimum Gasteiger partial charge on any atom is -0.506 e. The second kappa shape index (κ2) is 7.89. The third-order valence-corrected chi connectivity index (χ3v) is 6.14. The van der Waals surface area contributed by atoms with E-state index in [4.69, 9.17) is 6.11 Å². The maximum atomic E-state index is 10.4. The second-order valence-corrected chi connectivity index (χ2v) is 8.64. The molecule has 0 aliphatic carbocycles. The number of phenols is 1. The lowest BCUT2D eigenvalue weighted by Crippen LogP contribution is -1.97. The van der Waals surface area contributed by atoms with Crippen LogP contribution >= 0.6 is 0 Å². The van der Waals surface area contributed by atoms with Crippen LogP contribution in [0.15, 0.2) is 91.1 Å². The van der Waals surface area contributed by atoms with E-state index in [1.165, 1.54) is 0 Å². The Hall–Kier alpha value is -4.38. The highest BCUT2D eigenvalue weighted by Crippen LogP contribution is 2.37. The van der Waals surface area contributed by atoms with Crippen LogP contribution in [0.2, 0.25) is 0 Å². The molecule has 0 aliphatic rings. The van der Waals surface area contributed by atoms with Crippen LogP contribution in [0.3, 0.4) is 0 Å². The van der Waals surface area contributed by atoms with E-state index in [9.17, 15) is 5.11 Å². The van der Waals surface area contributed by atoms with Gasteiger partial charge in [0.05, 0.1) is 12.4 Å². The first-order valence-corrected chi connectivity index (χ1v) is 11.3. The van der Waals surface area contributed by atoms with Gasteiger partial charge in [-0.1, -0.05) is 50.2 Å². The molecule has 0 fully saturated rings. The molecule has 3 aromatic carbocycles. The molecule has 0 radical (unpaired) electrons. The summed E-state index contributed by atoms with van der Waals surface area (Å²) < 4.78 is 16.3. The van der Waals surface area contributed by atoms with Crippen molar-refractivity contribution in [3.63, 3.8) is 0 Å². The fourth-order valence-corrected chi connectivity index (χ4v) is 4.59. The van der Waals surface area contributed by atoms with Gasteiger partial charge in [0.2, 0.25) is 5.88 Å². The smallest absolute Gasteiger partial charge is 0.220 e. The van der Waals surface area contributed by atoms with Gasteiger partial charge in [0.25, 0.3) is 0 Å². The van der Waals surface area contributed by atoms with Crippen LogP contribution < -0.4 is 4.74 Å². The van der Waals surface area contributed by atoms with Gasteiger partial charge in [-0.3, -0.25) is 4.57 Å². The van der Waals surface area contributed by atoms with E-state index < -0.39 is 0 Å². The average molecular weight is 447 g/mol. The zero-order valence-corrected chi connectivity index (χ0v) is 18.9. The van der Waals surface area contributed by atoms with Crippen molar-refractivity contribution in [2.75, 3.05) is 0 Å². The van der Waals surface area contributed by atoms with Crippen molar-refractivity contribution in [1.29, 1.82) is 0 Å². The van der Waals surface area contributed by atoms with E-state index in [0.717, 1.165) is 32.8 Å². The third kappa shape index (κ3) is 3.25. The Morgan fingerprint density at radius 3 is 2.50 bits per heavy atom. The SMILES string of the molecule is [2H]c1cccc(-n2c3ccccc3c3ccc(Oc4cc(C(C)C)c5cccc(O)c5n4)cc32)n1. The summed E-state index contributed by atoms with van der Waals surface area (Å²) in [7, 11) is 0. The number of ether oxygens (including phenoxy) is 1. The van der Waals surface area contributed by atoms with Crippen LogP contribution in [0.4, 0.5) is 0 Å². The summed E-state index contributed by atoms with van der Waals surface area (Å²) in [4.78, 5) is 9.07. The maximum Gasteiger partial charge on any atom is 0.220 e. The number of para-hydroxylation sites is 2. The van der Waals surface area contributed by atoms with E-state index in [2.05, 4.69) is 40.5 Å². The largest absolute Gasteiger partial charge is 0.506 e. The number of rotatable bonds is 4. The molecule has 6 rings (SSSR count). The molecule has 34 heavy (non-hydrogen) atoms. The average Bonchev–Trinajstić information content (AvgIpc) is 3.18. The minimum absolute atomic E-state index is 0.131. The molecule has 0 bridgehead atoms. The highest BCUT2D eigenvalue weighted by molar-refractivity contribution is 6.09. The zero-order chi connectivity index (χ0) is 24.1. The quantitative estimate of drug-likeness (QED) is 0.308. The molecule has 166 valence electrons. The van der Waals surface area contributed by atoms with E-state index in [1.807, 2.05) is 60.7 Å². The lowest BCUT2D eigenvalue weighted by Gasteiger charge is -2.14. The summed E-state index contributed by atoms with van der Waals surface area (Å²) in [6, 6.07) is 26.9. The van der Waals surface area contributed by atoms with Gasteiger partial charge >= 0.3 is 0 Å². The Morgan fingerprint density at radius 1 is 0.853 bits per heavy atom. The molecule has 5 heteroatoms. The Kier molecular flexibility index (Phi) is 4.43. The number of pyridine rings is 2. The topological polar surface area (TPSA) is 60.2 Å². The van der Waals surface area contributed by atoms with Crippen molar-refractivity contribution in [1.82, 2.24) is 14.5 Å².